The van der Waals surface area contributed by atoms with Crippen molar-refractivity contribution in [2.45, 2.75) is 38.6 Å². The van der Waals surface area contributed by atoms with Crippen LogP contribution < -0.4 is 5.32 Å². The number of aryl methyl sites for hydroxylation is 1. The summed E-state index contributed by atoms with van der Waals surface area (Å²) in [5.74, 6) is 1.76. The summed E-state index contributed by atoms with van der Waals surface area (Å²) < 4.78 is 5.50. The minimum Gasteiger partial charge on any atom is -0.381 e. The molecular formula is C18H26N4OS. The maximum absolute atomic E-state index is 5.50. The molecule has 2 aliphatic rings. The van der Waals surface area contributed by atoms with Crippen LogP contribution in [0.3, 0.4) is 0 Å². The Hall–Kier alpha value is -1.24. The maximum Gasteiger partial charge on any atom is 0.138 e. The van der Waals surface area contributed by atoms with E-state index >= 15 is 0 Å². The van der Waals surface area contributed by atoms with Gasteiger partial charge >= 0.3 is 0 Å². The van der Waals surface area contributed by atoms with Crippen molar-refractivity contribution >= 4 is 27.4 Å². The Morgan fingerprint density at radius 3 is 2.92 bits per heavy atom. The van der Waals surface area contributed by atoms with Crippen LogP contribution in [-0.2, 0) is 11.2 Å². The highest BCUT2D eigenvalue weighted by atomic mass is 32.1. The fourth-order valence-electron chi connectivity index (χ4n) is 3.74. The Bertz CT molecular complexity index is 675. The van der Waals surface area contributed by atoms with E-state index in [-0.39, 0.29) is 0 Å². The molecule has 2 aliphatic heterocycles. The molecule has 0 radical (unpaired) electrons. The third kappa shape index (κ3) is 3.55. The molecule has 2 aromatic heterocycles. The van der Waals surface area contributed by atoms with Gasteiger partial charge in [0.2, 0.25) is 0 Å². The summed E-state index contributed by atoms with van der Waals surface area (Å²) in [7, 11) is 0. The van der Waals surface area contributed by atoms with Crippen LogP contribution in [0.1, 0.15) is 31.1 Å². The number of hydrogen-bond donors (Lipinski definition) is 1. The van der Waals surface area contributed by atoms with Gasteiger partial charge in [-0.05, 0) is 37.7 Å². The zero-order chi connectivity index (χ0) is 16.4. The maximum atomic E-state index is 5.50. The summed E-state index contributed by atoms with van der Waals surface area (Å²) in [6, 6.07) is 2.77. The first-order valence-corrected chi connectivity index (χ1v) is 9.93. The number of anilines is 1. The van der Waals surface area contributed by atoms with Gasteiger partial charge in [-0.15, -0.1) is 11.3 Å². The van der Waals surface area contributed by atoms with E-state index in [4.69, 9.17) is 4.74 Å². The highest BCUT2D eigenvalue weighted by Crippen LogP contribution is 2.29. The van der Waals surface area contributed by atoms with Crippen molar-refractivity contribution in [3.8, 4) is 0 Å². The number of piperidine rings is 1. The lowest BCUT2D eigenvalue weighted by atomic mass is 10.0. The predicted octanol–water partition coefficient (Wildman–Crippen LogP) is 3.17. The first-order valence-electron chi connectivity index (χ1n) is 9.12. The summed E-state index contributed by atoms with van der Waals surface area (Å²) in [5, 5.41) is 4.86. The van der Waals surface area contributed by atoms with E-state index in [1.54, 1.807) is 17.7 Å². The second-order valence-corrected chi connectivity index (χ2v) is 8.07. The van der Waals surface area contributed by atoms with Gasteiger partial charge in [-0.2, -0.15) is 0 Å². The first-order chi connectivity index (χ1) is 11.8. The van der Waals surface area contributed by atoms with Gasteiger partial charge in [0, 0.05) is 37.2 Å². The number of hydrogen-bond acceptors (Lipinski definition) is 6. The van der Waals surface area contributed by atoms with Gasteiger partial charge in [0.25, 0.3) is 0 Å². The smallest absolute Gasteiger partial charge is 0.138 e. The van der Waals surface area contributed by atoms with Crippen LogP contribution in [0.5, 0.6) is 0 Å². The molecule has 4 rings (SSSR count). The lowest BCUT2D eigenvalue weighted by Crippen LogP contribution is -2.41. The van der Waals surface area contributed by atoms with Gasteiger partial charge in [0.05, 0.1) is 12.0 Å². The molecule has 2 fully saturated rings. The van der Waals surface area contributed by atoms with E-state index < -0.39 is 0 Å². The SMILES string of the molecule is CCc1cc2c(NC3CCN(CC4CCOC4)CC3)ncnc2s1. The Labute approximate surface area is 147 Å². The number of nitrogens with zero attached hydrogens (tertiary/aromatic N) is 3. The van der Waals surface area contributed by atoms with E-state index in [1.807, 2.05) is 0 Å². The quantitative estimate of drug-likeness (QED) is 0.901. The molecule has 1 N–H and O–H groups in total. The Kier molecular flexibility index (Phi) is 4.96. The molecule has 0 spiro atoms. The highest BCUT2D eigenvalue weighted by Gasteiger charge is 2.24. The highest BCUT2D eigenvalue weighted by molar-refractivity contribution is 7.18. The zero-order valence-electron chi connectivity index (χ0n) is 14.3. The van der Waals surface area contributed by atoms with Crippen LogP contribution in [-0.4, -0.2) is 53.8 Å². The Morgan fingerprint density at radius 1 is 1.29 bits per heavy atom. The molecule has 0 bridgehead atoms. The monoisotopic (exact) mass is 346 g/mol. The van der Waals surface area contributed by atoms with Crippen LogP contribution >= 0.6 is 11.3 Å². The number of thiophene rings is 1. The number of rotatable bonds is 5. The van der Waals surface area contributed by atoms with E-state index in [9.17, 15) is 0 Å². The van der Waals surface area contributed by atoms with Crippen molar-refractivity contribution in [3.63, 3.8) is 0 Å². The number of ether oxygens (including phenoxy) is 1. The molecule has 5 nitrogen and oxygen atoms in total. The summed E-state index contributed by atoms with van der Waals surface area (Å²) in [6.07, 6.45) is 6.35. The van der Waals surface area contributed by atoms with Crippen molar-refractivity contribution < 1.29 is 4.74 Å². The molecule has 130 valence electrons. The van der Waals surface area contributed by atoms with Crippen LogP contribution in [0.15, 0.2) is 12.4 Å². The second-order valence-electron chi connectivity index (χ2n) is 6.96. The summed E-state index contributed by atoms with van der Waals surface area (Å²) >= 11 is 1.78. The normalized spacial score (nSPS) is 23.1. The summed E-state index contributed by atoms with van der Waals surface area (Å²) in [5.41, 5.74) is 0. The van der Waals surface area contributed by atoms with Gasteiger partial charge < -0.3 is 15.0 Å². The van der Waals surface area contributed by atoms with Crippen molar-refractivity contribution in [1.29, 1.82) is 0 Å². The van der Waals surface area contributed by atoms with Crippen molar-refractivity contribution in [2.24, 2.45) is 5.92 Å². The minimum atomic E-state index is 0.518. The second kappa shape index (κ2) is 7.33. The average molecular weight is 346 g/mol. The largest absolute Gasteiger partial charge is 0.381 e. The summed E-state index contributed by atoms with van der Waals surface area (Å²) in [4.78, 5) is 14.0. The topological polar surface area (TPSA) is 50.3 Å². The average Bonchev–Trinajstić information content (AvgIpc) is 3.26. The molecule has 4 heterocycles. The molecule has 2 saturated heterocycles. The number of likely N-dealkylation sites (tertiary alicyclic amines) is 1. The summed E-state index contributed by atoms with van der Waals surface area (Å²) in [6.45, 7) is 7.64. The first kappa shape index (κ1) is 16.2. The molecular weight excluding hydrogens is 320 g/mol. The Morgan fingerprint density at radius 2 is 2.17 bits per heavy atom. The molecule has 24 heavy (non-hydrogen) atoms. The van der Waals surface area contributed by atoms with Crippen molar-refractivity contribution in [1.82, 2.24) is 14.9 Å². The number of fused-ring (bicyclic) bond motifs is 1. The molecule has 0 aromatic carbocycles. The van der Waals surface area contributed by atoms with Crippen LogP contribution in [0.4, 0.5) is 5.82 Å². The molecule has 0 saturated carbocycles. The number of aromatic nitrogens is 2. The lowest BCUT2D eigenvalue weighted by Gasteiger charge is -2.33. The van der Waals surface area contributed by atoms with E-state index in [2.05, 4.69) is 33.2 Å². The number of nitrogens with one attached hydrogen (secondary N) is 1. The van der Waals surface area contributed by atoms with Gasteiger partial charge in [0.1, 0.15) is 17.0 Å². The van der Waals surface area contributed by atoms with Gasteiger partial charge in [-0.3, -0.25) is 0 Å². The standard InChI is InChI=1S/C18H26N4OS/c1-2-15-9-16-17(19-12-20-18(16)24-15)21-14-3-6-22(7-4-14)10-13-5-8-23-11-13/h9,12-14H,2-8,10-11H2,1H3,(H,19,20,21). The molecule has 0 aliphatic carbocycles. The van der Waals surface area contributed by atoms with E-state index in [0.29, 0.717) is 6.04 Å². The predicted molar refractivity (Wildman–Crippen MR) is 98.8 cm³/mol. The van der Waals surface area contributed by atoms with Crippen molar-refractivity contribution in [3.05, 3.63) is 17.3 Å². The van der Waals surface area contributed by atoms with E-state index in [1.165, 1.54) is 49.2 Å². The molecule has 1 unspecified atom stereocenters. The lowest BCUT2D eigenvalue weighted by molar-refractivity contribution is 0.154. The van der Waals surface area contributed by atoms with Gasteiger partial charge in [0.15, 0.2) is 0 Å². The van der Waals surface area contributed by atoms with Crippen LogP contribution in [0, 0.1) is 5.92 Å². The molecule has 1 atom stereocenters. The third-order valence-electron chi connectivity index (χ3n) is 5.20. The molecule has 0 amide bonds. The fraction of sp³-hybridized carbons (Fsp3) is 0.667. The zero-order valence-corrected chi connectivity index (χ0v) is 15.1. The van der Waals surface area contributed by atoms with Crippen LogP contribution in [0.25, 0.3) is 10.2 Å². The van der Waals surface area contributed by atoms with Crippen LogP contribution in [0.2, 0.25) is 0 Å². The van der Waals surface area contributed by atoms with Crippen molar-refractivity contribution in [2.75, 3.05) is 38.2 Å². The van der Waals surface area contributed by atoms with Gasteiger partial charge in [-0.1, -0.05) is 6.92 Å². The molecule has 2 aromatic rings. The fourth-order valence-corrected chi connectivity index (χ4v) is 4.68. The third-order valence-corrected chi connectivity index (χ3v) is 6.39. The minimum absolute atomic E-state index is 0.518. The molecule has 6 heteroatoms. The Balaban J connectivity index is 1.36. The van der Waals surface area contributed by atoms with Gasteiger partial charge in [-0.25, -0.2) is 9.97 Å². The van der Waals surface area contributed by atoms with E-state index in [0.717, 1.165) is 36.2 Å².